The summed E-state index contributed by atoms with van der Waals surface area (Å²) < 4.78 is 75.6. The van der Waals surface area contributed by atoms with E-state index in [2.05, 4.69) is 24.4 Å². The second-order valence-electron chi connectivity index (χ2n) is 11.5. The fourth-order valence-corrected chi connectivity index (χ4v) is 8.24. The van der Waals surface area contributed by atoms with Crippen molar-refractivity contribution in [3.05, 3.63) is 94.0 Å². The van der Waals surface area contributed by atoms with Crippen LogP contribution < -0.4 is 24.4 Å². The molecule has 4 aromatic carbocycles. The van der Waals surface area contributed by atoms with Gasteiger partial charge in [-0.1, -0.05) is 11.6 Å². The van der Waals surface area contributed by atoms with Crippen molar-refractivity contribution in [3.8, 4) is 34.5 Å². The van der Waals surface area contributed by atoms with Gasteiger partial charge in [-0.25, -0.2) is 5.01 Å². The molecule has 2 aliphatic heterocycles. The summed E-state index contributed by atoms with van der Waals surface area (Å²) >= 11 is 5.74. The summed E-state index contributed by atoms with van der Waals surface area (Å²) in [5.41, 5.74) is 6.73. The number of nitrogens with zero attached hydrogens (tertiary/aromatic N) is 5. The van der Waals surface area contributed by atoms with Gasteiger partial charge in [-0.15, -0.1) is 8.80 Å². The van der Waals surface area contributed by atoms with Crippen LogP contribution in [-0.4, -0.2) is 98.0 Å². The first-order valence-electron chi connectivity index (χ1n) is 15.9. The summed E-state index contributed by atoms with van der Waals surface area (Å²) in [7, 11) is 1.56. The molecular formula is C36H39ClN6O10S2. The van der Waals surface area contributed by atoms with Crippen molar-refractivity contribution in [3.63, 3.8) is 0 Å². The van der Waals surface area contributed by atoms with Crippen molar-refractivity contribution in [1.29, 1.82) is 0 Å². The molecule has 4 aromatic rings. The standard InChI is InChI=1S/C18H19N3O5S.C9H8ClNO3S.C9H12N2O2/c1-11-7-13-17(16(8-11)26-4)27(23,24)20-18(13)21(2)19-10-12-5-6-14(22)15(9-12)25-3;1-5-3-6-8(7(4-5)14-2)15(12,13)11-9(6)10;1-10-11-6-7-3-4-8(12)9(5-7)13-2/h5-10,22H,1-4H3;3-4H,1-2H3;3-6,10,12H,1-2H3/b19-10+;;11-6+. The highest BCUT2D eigenvalue weighted by molar-refractivity contribution is 7.91. The maximum atomic E-state index is 12.5. The van der Waals surface area contributed by atoms with Gasteiger partial charge in [0.25, 0.3) is 20.0 Å². The summed E-state index contributed by atoms with van der Waals surface area (Å²) in [6.45, 7) is 3.68. The molecule has 19 heteroatoms. The predicted molar refractivity (Wildman–Crippen MR) is 210 cm³/mol. The van der Waals surface area contributed by atoms with Crippen LogP contribution in [0.3, 0.4) is 0 Å². The molecule has 6 rings (SSSR count). The number of nitrogens with one attached hydrogen (secondary N) is 1. The number of rotatable bonds is 8. The molecule has 0 radical (unpaired) electrons. The summed E-state index contributed by atoms with van der Waals surface area (Å²) in [6.07, 6.45) is 3.16. The second-order valence-corrected chi connectivity index (χ2v) is 15.0. The minimum atomic E-state index is -3.86. The number of sulfonamides is 2. The number of hydrazone groups is 2. The Hall–Kier alpha value is -5.85. The SMILES string of the molecule is CN/N=C/c1ccc(O)c(OC)c1.COc1cc(/C=N/N(C)C2=NS(=O)(=O)c3c(OC)cc(C)cc32)ccc1O.COc1cc(C)cc2c1S(=O)(=O)N=C2Cl. The van der Waals surface area contributed by atoms with Gasteiger partial charge in [0.2, 0.25) is 0 Å². The van der Waals surface area contributed by atoms with Gasteiger partial charge < -0.3 is 34.6 Å². The number of aryl methyl sites for hydroxylation is 2. The van der Waals surface area contributed by atoms with Crippen molar-refractivity contribution in [2.24, 2.45) is 19.0 Å². The second kappa shape index (κ2) is 17.5. The zero-order valence-corrected chi connectivity index (χ0v) is 33.4. The molecule has 0 bridgehead atoms. The van der Waals surface area contributed by atoms with Gasteiger partial charge in [-0.2, -0.15) is 27.0 Å². The van der Waals surface area contributed by atoms with Crippen LogP contribution in [0, 0.1) is 13.8 Å². The van der Waals surface area contributed by atoms with E-state index < -0.39 is 20.0 Å². The number of ether oxygens (including phenoxy) is 4. The lowest BCUT2D eigenvalue weighted by molar-refractivity contribution is 0.373. The Morgan fingerprint density at radius 3 is 1.64 bits per heavy atom. The normalized spacial score (nSPS) is 14.3. The van der Waals surface area contributed by atoms with E-state index >= 15 is 0 Å². The largest absolute Gasteiger partial charge is 0.504 e. The molecule has 16 nitrogen and oxygen atoms in total. The minimum Gasteiger partial charge on any atom is -0.504 e. The van der Waals surface area contributed by atoms with Crippen molar-refractivity contribution in [2.45, 2.75) is 23.6 Å². The number of halogens is 1. The summed E-state index contributed by atoms with van der Waals surface area (Å²) in [6, 6.07) is 16.5. The van der Waals surface area contributed by atoms with Gasteiger partial charge in [0.05, 0.1) is 40.9 Å². The predicted octanol–water partition coefficient (Wildman–Crippen LogP) is 4.78. The molecule has 0 unspecified atom stereocenters. The van der Waals surface area contributed by atoms with Crippen LogP contribution in [-0.2, 0) is 20.0 Å². The van der Waals surface area contributed by atoms with E-state index in [-0.39, 0.29) is 43.8 Å². The van der Waals surface area contributed by atoms with E-state index in [0.717, 1.165) is 16.7 Å². The average molecular weight is 815 g/mol. The molecule has 0 aliphatic carbocycles. The van der Waals surface area contributed by atoms with Crippen LogP contribution in [0.25, 0.3) is 0 Å². The van der Waals surface area contributed by atoms with Crippen molar-refractivity contribution < 1.29 is 46.0 Å². The average Bonchev–Trinajstić information content (AvgIpc) is 3.56. The van der Waals surface area contributed by atoms with Crippen molar-refractivity contribution in [1.82, 2.24) is 10.4 Å². The highest BCUT2D eigenvalue weighted by atomic mass is 35.5. The summed E-state index contributed by atoms with van der Waals surface area (Å²) in [5.74, 6) is 1.64. The first kappa shape index (κ1) is 41.9. The quantitative estimate of drug-likeness (QED) is 0.162. The number of phenols is 2. The van der Waals surface area contributed by atoms with E-state index in [0.29, 0.717) is 28.2 Å². The van der Waals surface area contributed by atoms with Crippen LogP contribution in [0.5, 0.6) is 34.5 Å². The van der Waals surface area contributed by atoms with E-state index in [1.165, 1.54) is 45.7 Å². The molecule has 3 N–H and O–H groups in total. The zero-order valence-electron chi connectivity index (χ0n) is 31.0. The number of aromatic hydroxyl groups is 2. The lowest BCUT2D eigenvalue weighted by Crippen LogP contribution is -2.21. The number of phenolic OH excluding ortho intramolecular Hbond substituents is 2. The smallest absolute Gasteiger partial charge is 0.288 e. The number of fused-ring (bicyclic) bond motifs is 2. The molecular weight excluding hydrogens is 776 g/mol. The fraction of sp³-hybridized carbons (Fsp3) is 0.222. The van der Waals surface area contributed by atoms with Crippen LogP contribution in [0.4, 0.5) is 0 Å². The zero-order chi connectivity index (χ0) is 40.7. The molecule has 0 atom stereocenters. The Balaban J connectivity index is 0.000000202. The van der Waals surface area contributed by atoms with E-state index in [1.54, 1.807) is 74.9 Å². The van der Waals surface area contributed by atoms with E-state index in [9.17, 15) is 27.0 Å². The summed E-state index contributed by atoms with van der Waals surface area (Å²) in [4.78, 5) is 0.0968. The van der Waals surface area contributed by atoms with Crippen molar-refractivity contribution in [2.75, 3.05) is 42.5 Å². The molecule has 2 aliphatic rings. The Morgan fingerprint density at radius 2 is 1.15 bits per heavy atom. The number of methoxy groups -OCH3 is 4. The van der Waals surface area contributed by atoms with Gasteiger partial charge in [0, 0.05) is 25.2 Å². The number of amidine groups is 1. The lowest BCUT2D eigenvalue weighted by Gasteiger charge is -2.14. The minimum absolute atomic E-state index is 0.00741. The molecule has 0 aromatic heterocycles. The lowest BCUT2D eigenvalue weighted by atomic mass is 10.1. The van der Waals surface area contributed by atoms with Gasteiger partial charge in [-0.3, -0.25) is 0 Å². The Morgan fingerprint density at radius 1 is 0.691 bits per heavy atom. The van der Waals surface area contributed by atoms with Crippen LogP contribution in [0.2, 0.25) is 0 Å². The van der Waals surface area contributed by atoms with Gasteiger partial charge >= 0.3 is 0 Å². The molecule has 0 spiro atoms. The Bertz CT molecular complexity index is 2440. The topological polar surface area (TPSA) is 210 Å². The third kappa shape index (κ3) is 9.64. The van der Waals surface area contributed by atoms with Crippen LogP contribution in [0.1, 0.15) is 33.4 Å². The van der Waals surface area contributed by atoms with Gasteiger partial charge in [0.1, 0.15) is 21.3 Å². The maximum Gasteiger partial charge on any atom is 0.288 e. The van der Waals surface area contributed by atoms with E-state index in [1.807, 2.05) is 13.8 Å². The third-order valence-electron chi connectivity index (χ3n) is 7.66. The highest BCUT2D eigenvalue weighted by Crippen LogP contribution is 2.38. The highest BCUT2D eigenvalue weighted by Gasteiger charge is 2.35. The first-order chi connectivity index (χ1) is 26.0. The molecule has 0 saturated carbocycles. The molecule has 2 heterocycles. The third-order valence-corrected chi connectivity index (χ3v) is 10.8. The molecule has 292 valence electrons. The molecule has 0 amide bonds. The van der Waals surface area contributed by atoms with Crippen LogP contribution in [0.15, 0.2) is 89.5 Å². The van der Waals surface area contributed by atoms with E-state index in [4.69, 9.17) is 30.5 Å². The van der Waals surface area contributed by atoms with Crippen molar-refractivity contribution >= 4 is 55.1 Å². The molecule has 55 heavy (non-hydrogen) atoms. The van der Waals surface area contributed by atoms with Gasteiger partial charge in [0.15, 0.2) is 34.0 Å². The molecule has 0 fully saturated rings. The Labute approximate surface area is 324 Å². The first-order valence-corrected chi connectivity index (χ1v) is 19.2. The number of benzene rings is 4. The monoisotopic (exact) mass is 814 g/mol. The maximum absolute atomic E-state index is 12.5. The van der Waals surface area contributed by atoms with Gasteiger partial charge in [-0.05, 0) is 96.8 Å². The number of hydrogen-bond acceptors (Lipinski definition) is 14. The Kier molecular flexibility index (Phi) is 13.4. The summed E-state index contributed by atoms with van der Waals surface area (Å²) in [5, 5.41) is 28.4. The fourth-order valence-electron chi connectivity index (χ4n) is 5.17. The van der Waals surface area contributed by atoms with Crippen LogP contribution >= 0.6 is 11.6 Å². The molecule has 0 saturated heterocycles. The number of hydrogen-bond donors (Lipinski definition) is 3.